The Morgan fingerprint density at radius 2 is 1.94 bits per heavy atom. The van der Waals surface area contributed by atoms with Gasteiger partial charge in [0.25, 0.3) is 0 Å². The molecule has 0 bridgehead atoms. The van der Waals surface area contributed by atoms with Crippen molar-refractivity contribution in [3.8, 4) is 11.3 Å². The molecule has 0 saturated heterocycles. The minimum absolute atomic E-state index is 0.953. The lowest BCUT2D eigenvalue weighted by Crippen LogP contribution is -1.85. The van der Waals surface area contributed by atoms with Gasteiger partial charge < -0.3 is 0 Å². The van der Waals surface area contributed by atoms with Crippen LogP contribution in [0.15, 0.2) is 40.7 Å². The molecular formula is C11H6BrN3S. The molecule has 0 atom stereocenters. The highest BCUT2D eigenvalue weighted by Gasteiger charge is 2.08. The van der Waals surface area contributed by atoms with Crippen LogP contribution in [0, 0.1) is 0 Å². The Morgan fingerprint density at radius 1 is 1.12 bits per heavy atom. The number of hydrogen-bond donors (Lipinski definition) is 0. The topological polar surface area (TPSA) is 38.7 Å². The van der Waals surface area contributed by atoms with Gasteiger partial charge in [-0.1, -0.05) is 0 Å². The smallest absolute Gasteiger partial charge is 0.128 e. The van der Waals surface area contributed by atoms with Crippen molar-refractivity contribution in [2.45, 2.75) is 0 Å². The van der Waals surface area contributed by atoms with Gasteiger partial charge in [-0.15, -0.1) is 11.3 Å². The summed E-state index contributed by atoms with van der Waals surface area (Å²) in [5.41, 5.74) is 2.02. The largest absolute Gasteiger partial charge is 0.265 e. The van der Waals surface area contributed by atoms with Crippen molar-refractivity contribution in [3.63, 3.8) is 0 Å². The van der Waals surface area contributed by atoms with Crippen LogP contribution in [0.4, 0.5) is 0 Å². The number of thiophene rings is 1. The van der Waals surface area contributed by atoms with Crippen molar-refractivity contribution in [3.05, 3.63) is 40.7 Å². The van der Waals surface area contributed by atoms with Crippen molar-refractivity contribution in [2.24, 2.45) is 0 Å². The van der Waals surface area contributed by atoms with Crippen molar-refractivity contribution >= 4 is 37.5 Å². The highest BCUT2D eigenvalue weighted by atomic mass is 79.9. The standard InChI is InChI=1S/C11H6BrN3S/c12-9-5-8-10(7-1-3-13-4-2-7)14-6-15-11(8)16-9/h1-6H. The van der Waals surface area contributed by atoms with Gasteiger partial charge in [-0.3, -0.25) is 4.98 Å². The van der Waals surface area contributed by atoms with Crippen molar-refractivity contribution in [2.75, 3.05) is 0 Å². The summed E-state index contributed by atoms with van der Waals surface area (Å²) in [6.45, 7) is 0. The van der Waals surface area contributed by atoms with E-state index in [4.69, 9.17) is 0 Å². The third kappa shape index (κ3) is 1.62. The molecular weight excluding hydrogens is 286 g/mol. The fourth-order valence-corrected chi connectivity index (χ4v) is 2.98. The highest BCUT2D eigenvalue weighted by molar-refractivity contribution is 9.11. The number of fused-ring (bicyclic) bond motifs is 1. The number of aromatic nitrogens is 3. The van der Waals surface area contributed by atoms with Gasteiger partial charge in [0.05, 0.1) is 9.48 Å². The van der Waals surface area contributed by atoms with E-state index < -0.39 is 0 Å². The van der Waals surface area contributed by atoms with Crippen LogP contribution in [-0.4, -0.2) is 15.0 Å². The first kappa shape index (κ1) is 9.86. The summed E-state index contributed by atoms with van der Waals surface area (Å²) in [5, 5.41) is 1.07. The summed E-state index contributed by atoms with van der Waals surface area (Å²) < 4.78 is 1.07. The van der Waals surface area contributed by atoms with Gasteiger partial charge in [0.15, 0.2) is 0 Å². The molecule has 3 aromatic heterocycles. The van der Waals surface area contributed by atoms with E-state index >= 15 is 0 Å². The zero-order chi connectivity index (χ0) is 11.0. The van der Waals surface area contributed by atoms with Gasteiger partial charge in [-0.2, -0.15) is 0 Å². The number of rotatable bonds is 1. The Hall–Kier alpha value is -1.33. The van der Waals surface area contributed by atoms with E-state index in [9.17, 15) is 0 Å². The van der Waals surface area contributed by atoms with Gasteiger partial charge in [-0.05, 0) is 34.1 Å². The molecule has 0 amide bonds. The van der Waals surface area contributed by atoms with E-state index in [1.807, 2.05) is 12.1 Å². The second-order valence-electron chi connectivity index (χ2n) is 3.23. The maximum Gasteiger partial charge on any atom is 0.128 e. The summed E-state index contributed by atoms with van der Waals surface area (Å²) in [6, 6.07) is 5.95. The fourth-order valence-electron chi connectivity index (χ4n) is 1.57. The van der Waals surface area contributed by atoms with Gasteiger partial charge in [0.2, 0.25) is 0 Å². The molecule has 3 nitrogen and oxygen atoms in total. The molecule has 3 aromatic rings. The Labute approximate surface area is 104 Å². The first-order valence-corrected chi connectivity index (χ1v) is 6.26. The molecule has 0 fully saturated rings. The molecule has 0 N–H and O–H groups in total. The number of halogens is 1. The maximum absolute atomic E-state index is 4.34. The number of hydrogen-bond acceptors (Lipinski definition) is 4. The minimum Gasteiger partial charge on any atom is -0.265 e. The van der Waals surface area contributed by atoms with E-state index in [1.54, 1.807) is 30.1 Å². The lowest BCUT2D eigenvalue weighted by atomic mass is 10.1. The molecule has 0 radical (unpaired) electrons. The quantitative estimate of drug-likeness (QED) is 0.689. The highest BCUT2D eigenvalue weighted by Crippen LogP contribution is 2.33. The van der Waals surface area contributed by atoms with E-state index in [1.165, 1.54) is 0 Å². The summed E-state index contributed by atoms with van der Waals surface area (Å²) in [6.07, 6.45) is 5.14. The fraction of sp³-hybridized carbons (Fsp3) is 0. The molecule has 3 heterocycles. The zero-order valence-corrected chi connectivity index (χ0v) is 10.5. The zero-order valence-electron chi connectivity index (χ0n) is 8.09. The molecule has 0 aromatic carbocycles. The van der Waals surface area contributed by atoms with E-state index in [-0.39, 0.29) is 0 Å². The molecule has 3 rings (SSSR count). The van der Waals surface area contributed by atoms with Crippen LogP contribution in [0.25, 0.3) is 21.5 Å². The molecule has 0 saturated carbocycles. The molecule has 16 heavy (non-hydrogen) atoms. The average Bonchev–Trinajstić information content (AvgIpc) is 2.70. The van der Waals surface area contributed by atoms with Crippen LogP contribution in [0.5, 0.6) is 0 Å². The van der Waals surface area contributed by atoms with E-state index in [2.05, 4.69) is 36.9 Å². The first-order valence-electron chi connectivity index (χ1n) is 4.65. The molecule has 0 aliphatic carbocycles. The monoisotopic (exact) mass is 291 g/mol. The molecule has 5 heteroatoms. The molecule has 0 unspecified atom stereocenters. The van der Waals surface area contributed by atoms with Crippen molar-refractivity contribution < 1.29 is 0 Å². The SMILES string of the molecule is Brc1cc2c(-c3ccncc3)ncnc2s1. The van der Waals surface area contributed by atoms with Crippen LogP contribution in [0.3, 0.4) is 0 Å². The minimum atomic E-state index is 0.953. The summed E-state index contributed by atoms with van der Waals surface area (Å²) in [4.78, 5) is 13.6. The van der Waals surface area contributed by atoms with Gasteiger partial charge in [0.1, 0.15) is 11.2 Å². The lowest BCUT2D eigenvalue weighted by molar-refractivity contribution is 1.23. The summed E-state index contributed by atoms with van der Waals surface area (Å²) in [7, 11) is 0. The van der Waals surface area contributed by atoms with Crippen LogP contribution in [0.2, 0.25) is 0 Å². The number of nitrogens with zero attached hydrogens (tertiary/aromatic N) is 3. The summed E-state index contributed by atoms with van der Waals surface area (Å²) >= 11 is 5.08. The predicted molar refractivity (Wildman–Crippen MR) is 68.3 cm³/mol. The van der Waals surface area contributed by atoms with Crippen molar-refractivity contribution in [1.82, 2.24) is 15.0 Å². The van der Waals surface area contributed by atoms with Gasteiger partial charge >= 0.3 is 0 Å². The third-order valence-electron chi connectivity index (χ3n) is 2.25. The van der Waals surface area contributed by atoms with E-state index in [0.29, 0.717) is 0 Å². The third-order valence-corrected chi connectivity index (χ3v) is 3.80. The first-order chi connectivity index (χ1) is 7.84. The normalized spacial score (nSPS) is 10.8. The molecule has 0 spiro atoms. The molecule has 0 aliphatic heterocycles. The molecule has 78 valence electrons. The predicted octanol–water partition coefficient (Wildman–Crippen LogP) is 3.52. The Kier molecular flexibility index (Phi) is 2.41. The Bertz CT molecular complexity index is 636. The van der Waals surface area contributed by atoms with Crippen LogP contribution in [0.1, 0.15) is 0 Å². The Morgan fingerprint density at radius 3 is 2.75 bits per heavy atom. The van der Waals surface area contributed by atoms with Crippen LogP contribution in [-0.2, 0) is 0 Å². The average molecular weight is 292 g/mol. The summed E-state index contributed by atoms with van der Waals surface area (Å²) in [5.74, 6) is 0. The second kappa shape index (κ2) is 3.92. The van der Waals surface area contributed by atoms with Gasteiger partial charge in [-0.25, -0.2) is 9.97 Å². The van der Waals surface area contributed by atoms with Crippen LogP contribution < -0.4 is 0 Å². The second-order valence-corrected chi connectivity index (χ2v) is 5.64. The Balaban J connectivity index is 2.31. The lowest BCUT2D eigenvalue weighted by Gasteiger charge is -2.00. The van der Waals surface area contributed by atoms with Crippen LogP contribution >= 0.6 is 27.3 Å². The molecule has 0 aliphatic rings. The van der Waals surface area contributed by atoms with E-state index in [0.717, 1.165) is 25.3 Å². The number of pyridine rings is 1. The van der Waals surface area contributed by atoms with Crippen molar-refractivity contribution in [1.29, 1.82) is 0 Å². The maximum atomic E-state index is 4.34. The van der Waals surface area contributed by atoms with Gasteiger partial charge in [0, 0.05) is 23.3 Å².